The fourth-order valence-corrected chi connectivity index (χ4v) is 10.9. The second-order valence-electron chi connectivity index (χ2n) is 17.3. The Hall–Kier alpha value is -3.69. The Bertz CT molecular complexity index is 1910. The monoisotopic (exact) mass is 811 g/mol. The maximum atomic E-state index is 13.1. The number of rotatable bonds is 18. The van der Waals surface area contributed by atoms with Crippen LogP contribution in [0.15, 0.2) is 95.9 Å². The first-order chi connectivity index (χ1) is 28.0. The smallest absolute Gasteiger partial charge is 0.179 e. The summed E-state index contributed by atoms with van der Waals surface area (Å²) < 4.78 is 39.3. The van der Waals surface area contributed by atoms with Gasteiger partial charge in [-0.2, -0.15) is 0 Å². The standard InChI is InChI=1S/C30H39N2O2.C20H33NO2S/c1-3-18-32(19-16-31-17-20-32)21-26-6-8-27(9-7-26)22-33-23-28-10-12-29(13-11-28)24-34-30-14-4-25(2)5-15-30;1-5-7-12-20(13-8-6-2)14-11-17-15-18(21(3)4)9-10-19(17)24(22,23)16-20/h4-15,31H,3,16-24H2,1-2H3;9-10,15H,5-8,11-14,16H2,1-4H3/q+1;. The van der Waals surface area contributed by atoms with E-state index in [0.29, 0.717) is 30.5 Å². The van der Waals surface area contributed by atoms with E-state index < -0.39 is 9.84 Å². The van der Waals surface area contributed by atoms with Gasteiger partial charge in [-0.1, -0.05) is 113 Å². The molecule has 0 aliphatic carbocycles. The summed E-state index contributed by atoms with van der Waals surface area (Å²) >= 11 is 0. The fraction of sp³-hybridized carbons (Fsp3) is 0.520. The Kier molecular flexibility index (Phi) is 17.3. The van der Waals surface area contributed by atoms with Gasteiger partial charge < -0.3 is 24.2 Å². The first kappa shape index (κ1) is 45.4. The highest BCUT2D eigenvalue weighted by atomic mass is 32.2. The highest BCUT2D eigenvalue weighted by Gasteiger charge is 2.38. The van der Waals surface area contributed by atoms with Crippen molar-refractivity contribution in [3.63, 3.8) is 0 Å². The molecule has 0 unspecified atom stereocenters. The molecule has 4 aromatic carbocycles. The van der Waals surface area contributed by atoms with Crippen LogP contribution in [0.4, 0.5) is 5.69 Å². The van der Waals surface area contributed by atoms with Crippen molar-refractivity contribution in [2.75, 3.05) is 57.5 Å². The van der Waals surface area contributed by atoms with E-state index in [-0.39, 0.29) is 5.41 Å². The van der Waals surface area contributed by atoms with Crippen LogP contribution in [-0.2, 0) is 47.4 Å². The molecule has 6 rings (SSSR count). The van der Waals surface area contributed by atoms with Gasteiger partial charge in [0.25, 0.3) is 0 Å². The van der Waals surface area contributed by atoms with Crippen molar-refractivity contribution in [2.24, 2.45) is 5.41 Å². The molecule has 316 valence electrons. The molecule has 0 amide bonds. The highest BCUT2D eigenvalue weighted by Crippen LogP contribution is 2.43. The van der Waals surface area contributed by atoms with E-state index >= 15 is 0 Å². The largest absolute Gasteiger partial charge is 0.489 e. The third-order valence-corrected chi connectivity index (χ3v) is 14.3. The molecule has 2 aliphatic rings. The second-order valence-corrected chi connectivity index (χ2v) is 19.3. The zero-order valence-electron chi connectivity index (χ0n) is 36.5. The molecule has 0 atom stereocenters. The van der Waals surface area contributed by atoms with Crippen LogP contribution in [0, 0.1) is 12.3 Å². The first-order valence-corrected chi connectivity index (χ1v) is 23.6. The molecular weight excluding hydrogens is 739 g/mol. The van der Waals surface area contributed by atoms with E-state index in [1.807, 2.05) is 43.3 Å². The maximum Gasteiger partial charge on any atom is 0.179 e. The lowest BCUT2D eigenvalue weighted by molar-refractivity contribution is -0.942. The van der Waals surface area contributed by atoms with Gasteiger partial charge in [0.2, 0.25) is 0 Å². The average Bonchev–Trinajstić information content (AvgIpc) is 3.33. The van der Waals surface area contributed by atoms with Crippen LogP contribution < -0.4 is 15.0 Å². The van der Waals surface area contributed by atoms with Crippen LogP contribution in [0.2, 0.25) is 0 Å². The molecule has 8 heteroatoms. The van der Waals surface area contributed by atoms with Crippen molar-refractivity contribution in [3.05, 3.63) is 124 Å². The summed E-state index contributed by atoms with van der Waals surface area (Å²) in [5.74, 6) is 1.23. The van der Waals surface area contributed by atoms with Crippen LogP contribution in [0.1, 0.15) is 106 Å². The van der Waals surface area contributed by atoms with E-state index in [2.05, 4.69) is 99.7 Å². The van der Waals surface area contributed by atoms with Crippen LogP contribution in [0.3, 0.4) is 0 Å². The molecule has 1 fully saturated rings. The van der Waals surface area contributed by atoms with Gasteiger partial charge in [-0.25, -0.2) is 8.42 Å². The highest BCUT2D eigenvalue weighted by molar-refractivity contribution is 7.91. The number of sulfone groups is 1. The predicted molar refractivity (Wildman–Crippen MR) is 241 cm³/mol. The second kappa shape index (κ2) is 22.1. The number of nitrogens with zero attached hydrogens (tertiary/aromatic N) is 2. The minimum Gasteiger partial charge on any atom is -0.489 e. The normalized spacial score (nSPS) is 16.7. The minimum atomic E-state index is -3.21. The Morgan fingerprint density at radius 2 is 1.29 bits per heavy atom. The fourth-order valence-electron chi connectivity index (χ4n) is 8.67. The van der Waals surface area contributed by atoms with Crippen molar-refractivity contribution in [2.45, 2.75) is 117 Å². The van der Waals surface area contributed by atoms with E-state index in [1.54, 1.807) is 0 Å². The Morgan fingerprint density at radius 3 is 1.84 bits per heavy atom. The van der Waals surface area contributed by atoms with Crippen LogP contribution in [0.5, 0.6) is 5.75 Å². The zero-order chi connectivity index (χ0) is 41.4. The van der Waals surface area contributed by atoms with Gasteiger partial charge in [0.05, 0.1) is 43.5 Å². The third kappa shape index (κ3) is 13.4. The van der Waals surface area contributed by atoms with Gasteiger partial charge >= 0.3 is 0 Å². The van der Waals surface area contributed by atoms with Crippen LogP contribution >= 0.6 is 0 Å². The quantitative estimate of drug-likeness (QED) is 0.101. The molecule has 7 nitrogen and oxygen atoms in total. The summed E-state index contributed by atoms with van der Waals surface area (Å²) in [4.78, 5) is 2.61. The molecule has 0 spiro atoms. The van der Waals surface area contributed by atoms with Gasteiger partial charge in [0.15, 0.2) is 9.84 Å². The summed E-state index contributed by atoms with van der Waals surface area (Å²) in [7, 11) is 0.792. The summed E-state index contributed by atoms with van der Waals surface area (Å²) in [6.07, 6.45) is 9.70. The number of aryl methyl sites for hydroxylation is 2. The van der Waals surface area contributed by atoms with E-state index in [1.165, 1.54) is 52.8 Å². The zero-order valence-corrected chi connectivity index (χ0v) is 37.3. The number of benzene rings is 4. The summed E-state index contributed by atoms with van der Waals surface area (Å²) in [5, 5.41) is 3.51. The lowest BCUT2D eigenvalue weighted by Gasteiger charge is -2.41. The Balaban J connectivity index is 0.000000235. The average molecular weight is 811 g/mol. The summed E-state index contributed by atoms with van der Waals surface area (Å²) in [5.41, 5.74) is 8.30. The van der Waals surface area contributed by atoms with Crippen LogP contribution in [0.25, 0.3) is 0 Å². The summed E-state index contributed by atoms with van der Waals surface area (Å²) in [6.45, 7) is 17.7. The number of piperazine rings is 1. The number of unbranched alkanes of at least 4 members (excludes halogenated alkanes) is 2. The maximum absolute atomic E-state index is 13.1. The van der Waals surface area contributed by atoms with E-state index in [9.17, 15) is 8.42 Å². The molecule has 2 aliphatic heterocycles. The van der Waals surface area contributed by atoms with Gasteiger partial charge in [-0.15, -0.1) is 0 Å². The lowest BCUT2D eigenvalue weighted by Crippen LogP contribution is -2.58. The molecule has 0 bridgehead atoms. The van der Waals surface area contributed by atoms with E-state index in [0.717, 1.165) is 93.6 Å². The first-order valence-electron chi connectivity index (χ1n) is 22.0. The third-order valence-electron chi connectivity index (χ3n) is 12.2. The number of nitrogens with one attached hydrogen (secondary N) is 1. The van der Waals surface area contributed by atoms with Gasteiger partial charge in [-0.3, -0.25) is 0 Å². The van der Waals surface area contributed by atoms with Gasteiger partial charge in [0.1, 0.15) is 18.9 Å². The molecule has 0 radical (unpaired) electrons. The number of fused-ring (bicyclic) bond motifs is 1. The number of hydrogen-bond acceptors (Lipinski definition) is 6. The number of hydrogen-bond donors (Lipinski definition) is 1. The molecule has 0 saturated carbocycles. The van der Waals surface area contributed by atoms with Gasteiger partial charge in [-0.05, 0) is 97.0 Å². The molecule has 4 aromatic rings. The Morgan fingerprint density at radius 1 is 0.724 bits per heavy atom. The molecule has 58 heavy (non-hydrogen) atoms. The van der Waals surface area contributed by atoms with Crippen molar-refractivity contribution in [1.82, 2.24) is 5.32 Å². The summed E-state index contributed by atoms with van der Waals surface area (Å²) in [6, 6.07) is 31.5. The van der Waals surface area contributed by atoms with Gasteiger partial charge in [0, 0.05) is 38.4 Å². The number of ether oxygens (including phenoxy) is 2. The SMILES string of the molecule is CCCCC1(CCCC)CCc2cc(N(C)C)ccc2S(=O)(=O)C1.CCC[N+]1(Cc2ccc(COCc3ccc(COc4ccc(C)cc4)cc3)cc2)CCNCC1. The minimum absolute atomic E-state index is 0.0395. The molecule has 2 heterocycles. The Labute approximate surface area is 351 Å². The van der Waals surface area contributed by atoms with E-state index in [4.69, 9.17) is 9.47 Å². The topological polar surface area (TPSA) is 67.9 Å². The van der Waals surface area contributed by atoms with Crippen molar-refractivity contribution < 1.29 is 22.4 Å². The molecule has 1 saturated heterocycles. The molecular formula is C50H72N3O4S+. The lowest BCUT2D eigenvalue weighted by atomic mass is 9.75. The van der Waals surface area contributed by atoms with Crippen molar-refractivity contribution >= 4 is 15.5 Å². The predicted octanol–water partition coefficient (Wildman–Crippen LogP) is 10.5. The van der Waals surface area contributed by atoms with Crippen LogP contribution in [-0.4, -0.2) is 65.5 Å². The van der Waals surface area contributed by atoms with Crippen molar-refractivity contribution in [3.8, 4) is 5.75 Å². The number of quaternary nitrogens is 1. The molecule has 0 aromatic heterocycles. The van der Waals surface area contributed by atoms with Crippen molar-refractivity contribution in [1.29, 1.82) is 0 Å². The number of anilines is 1. The molecule has 1 N–H and O–H groups in total.